The number of carbonyl (C=O) groups is 1. The van der Waals surface area contributed by atoms with Crippen molar-refractivity contribution in [3.05, 3.63) is 0 Å². The molecule has 3 N–H and O–H groups in total. The average Bonchev–Trinajstić information content (AvgIpc) is 3.13. The quantitative estimate of drug-likeness (QED) is 0.741. The van der Waals surface area contributed by atoms with Crippen LogP contribution in [0.2, 0.25) is 0 Å². The van der Waals surface area contributed by atoms with Crippen molar-refractivity contribution in [3.63, 3.8) is 0 Å². The predicted molar refractivity (Wildman–Crippen MR) is 73.1 cm³/mol. The van der Waals surface area contributed by atoms with Gasteiger partial charge < -0.3 is 16.0 Å². The molecule has 2 rings (SSSR count). The molecule has 0 bridgehead atoms. The van der Waals surface area contributed by atoms with Crippen LogP contribution in [0.5, 0.6) is 0 Å². The average molecular weight is 253 g/mol. The van der Waals surface area contributed by atoms with Gasteiger partial charge in [-0.3, -0.25) is 4.79 Å². The zero-order valence-corrected chi connectivity index (χ0v) is 11.7. The van der Waals surface area contributed by atoms with Crippen LogP contribution in [-0.2, 0) is 4.79 Å². The van der Waals surface area contributed by atoms with Crippen LogP contribution in [0, 0.1) is 11.8 Å². The van der Waals surface area contributed by atoms with Crippen LogP contribution in [0.15, 0.2) is 0 Å². The van der Waals surface area contributed by atoms with Crippen molar-refractivity contribution in [1.29, 1.82) is 0 Å². The van der Waals surface area contributed by atoms with Gasteiger partial charge in [0.1, 0.15) is 0 Å². The fourth-order valence-corrected chi connectivity index (χ4v) is 2.68. The molecule has 0 aromatic carbocycles. The highest BCUT2D eigenvalue weighted by Crippen LogP contribution is 2.31. The first-order valence-electron chi connectivity index (χ1n) is 7.39. The molecule has 0 aromatic rings. The lowest BCUT2D eigenvalue weighted by Gasteiger charge is -2.19. The van der Waals surface area contributed by atoms with Crippen LogP contribution in [0.1, 0.15) is 39.5 Å². The molecule has 18 heavy (non-hydrogen) atoms. The molecule has 1 aliphatic heterocycles. The summed E-state index contributed by atoms with van der Waals surface area (Å²) < 4.78 is 0. The number of carbonyl (C=O) groups excluding carboxylic acids is 1. The summed E-state index contributed by atoms with van der Waals surface area (Å²) in [7, 11) is 0. The maximum absolute atomic E-state index is 11.9. The van der Waals surface area contributed by atoms with E-state index in [1.165, 1.54) is 25.8 Å². The van der Waals surface area contributed by atoms with Crippen molar-refractivity contribution in [3.8, 4) is 0 Å². The van der Waals surface area contributed by atoms with E-state index in [2.05, 4.69) is 17.1 Å². The van der Waals surface area contributed by atoms with E-state index < -0.39 is 0 Å². The van der Waals surface area contributed by atoms with E-state index in [4.69, 9.17) is 5.73 Å². The number of nitrogens with zero attached hydrogens (tertiary/aromatic N) is 1. The second-order valence-electron chi connectivity index (χ2n) is 6.04. The molecule has 1 saturated heterocycles. The van der Waals surface area contributed by atoms with Gasteiger partial charge in [-0.15, -0.1) is 0 Å². The van der Waals surface area contributed by atoms with E-state index >= 15 is 0 Å². The first kappa shape index (κ1) is 13.8. The third-order valence-electron chi connectivity index (χ3n) is 4.51. The van der Waals surface area contributed by atoms with Crippen molar-refractivity contribution < 1.29 is 4.79 Å². The van der Waals surface area contributed by atoms with Crippen molar-refractivity contribution >= 4 is 5.91 Å². The summed E-state index contributed by atoms with van der Waals surface area (Å²) in [4.78, 5) is 14.5. The minimum Gasteiger partial charge on any atom is -0.354 e. The van der Waals surface area contributed by atoms with Crippen LogP contribution in [0.4, 0.5) is 0 Å². The van der Waals surface area contributed by atoms with Crippen LogP contribution in [0.25, 0.3) is 0 Å². The van der Waals surface area contributed by atoms with Gasteiger partial charge >= 0.3 is 0 Å². The van der Waals surface area contributed by atoms with Gasteiger partial charge in [-0.25, -0.2) is 0 Å². The first-order valence-corrected chi connectivity index (χ1v) is 7.39. The fourth-order valence-electron chi connectivity index (χ4n) is 2.68. The predicted octanol–water partition coefficient (Wildman–Crippen LogP) is 0.960. The number of amides is 1. The smallest absolute Gasteiger partial charge is 0.237 e. The second kappa shape index (κ2) is 6.02. The molecule has 3 atom stereocenters. The third kappa shape index (κ3) is 3.45. The minimum absolute atomic E-state index is 0.0224. The lowest BCUT2D eigenvalue weighted by atomic mass is 9.99. The molecule has 2 unspecified atom stereocenters. The van der Waals surface area contributed by atoms with Gasteiger partial charge in [0.2, 0.25) is 5.91 Å². The van der Waals surface area contributed by atoms with Crippen molar-refractivity contribution in [2.75, 3.05) is 19.6 Å². The van der Waals surface area contributed by atoms with Crippen molar-refractivity contribution in [2.24, 2.45) is 17.6 Å². The monoisotopic (exact) mass is 253 g/mol. The standard InChI is InChI=1S/C14H27N3O/c1-3-10(2)13(15)14(18)16-8-11-6-7-17(9-11)12-4-5-12/h10-13H,3-9,15H2,1-2H3,(H,16,18)/t10?,11?,13-/m0/s1. The molecular weight excluding hydrogens is 226 g/mol. The van der Waals surface area contributed by atoms with Crippen LogP contribution in [-0.4, -0.2) is 42.5 Å². The molecule has 0 spiro atoms. The van der Waals surface area contributed by atoms with Gasteiger partial charge in [-0.1, -0.05) is 20.3 Å². The Morgan fingerprint density at radius 2 is 2.17 bits per heavy atom. The highest BCUT2D eigenvalue weighted by Gasteiger charge is 2.34. The van der Waals surface area contributed by atoms with E-state index in [0.29, 0.717) is 5.92 Å². The molecule has 4 nitrogen and oxygen atoms in total. The zero-order valence-electron chi connectivity index (χ0n) is 11.7. The Kier molecular flexibility index (Phi) is 4.62. The molecule has 4 heteroatoms. The summed E-state index contributed by atoms with van der Waals surface area (Å²) in [5, 5.41) is 3.03. The SMILES string of the molecule is CCC(C)[C@H](N)C(=O)NCC1CCN(C2CC2)C1. The molecule has 0 aromatic heterocycles. The van der Waals surface area contributed by atoms with Crippen LogP contribution in [0.3, 0.4) is 0 Å². The van der Waals surface area contributed by atoms with Gasteiger partial charge in [-0.2, -0.15) is 0 Å². The lowest BCUT2D eigenvalue weighted by Crippen LogP contribution is -2.46. The Morgan fingerprint density at radius 1 is 1.44 bits per heavy atom. The maximum Gasteiger partial charge on any atom is 0.237 e. The summed E-state index contributed by atoms with van der Waals surface area (Å²) >= 11 is 0. The summed E-state index contributed by atoms with van der Waals surface area (Å²) in [6.07, 6.45) is 4.92. The number of likely N-dealkylation sites (tertiary alicyclic amines) is 1. The highest BCUT2D eigenvalue weighted by atomic mass is 16.2. The number of hydrogen-bond donors (Lipinski definition) is 2. The molecule has 1 amide bonds. The molecule has 104 valence electrons. The Labute approximate surface area is 110 Å². The zero-order chi connectivity index (χ0) is 13.1. The van der Waals surface area contributed by atoms with Gasteiger partial charge in [0.15, 0.2) is 0 Å². The Bertz CT molecular complexity index is 291. The number of nitrogens with two attached hydrogens (primary N) is 1. The molecule has 1 saturated carbocycles. The lowest BCUT2D eigenvalue weighted by molar-refractivity contribution is -0.123. The van der Waals surface area contributed by atoms with E-state index in [9.17, 15) is 4.79 Å². The number of rotatable bonds is 6. The third-order valence-corrected chi connectivity index (χ3v) is 4.51. The summed E-state index contributed by atoms with van der Waals surface area (Å²) in [6.45, 7) is 7.27. The molecule has 1 aliphatic carbocycles. The highest BCUT2D eigenvalue weighted by molar-refractivity contribution is 5.81. The van der Waals surface area contributed by atoms with Gasteiger partial charge in [-0.05, 0) is 37.6 Å². The number of hydrogen-bond acceptors (Lipinski definition) is 3. The molecule has 2 aliphatic rings. The topological polar surface area (TPSA) is 58.4 Å². The van der Waals surface area contributed by atoms with Gasteiger partial charge in [0.25, 0.3) is 0 Å². The van der Waals surface area contributed by atoms with Crippen molar-refractivity contribution in [1.82, 2.24) is 10.2 Å². The van der Waals surface area contributed by atoms with Crippen LogP contribution >= 0.6 is 0 Å². The van der Waals surface area contributed by atoms with Gasteiger partial charge in [0, 0.05) is 19.1 Å². The van der Waals surface area contributed by atoms with E-state index in [1.54, 1.807) is 0 Å². The summed E-state index contributed by atoms with van der Waals surface area (Å²) in [5.41, 5.74) is 5.92. The van der Waals surface area contributed by atoms with E-state index in [-0.39, 0.29) is 17.9 Å². The Balaban J connectivity index is 1.66. The number of nitrogens with one attached hydrogen (secondary N) is 1. The first-order chi connectivity index (χ1) is 8.61. The minimum atomic E-state index is -0.351. The molecule has 1 heterocycles. The molecule has 0 radical (unpaired) electrons. The fraction of sp³-hybridized carbons (Fsp3) is 0.929. The van der Waals surface area contributed by atoms with E-state index in [0.717, 1.165) is 25.6 Å². The van der Waals surface area contributed by atoms with Crippen molar-refractivity contribution in [2.45, 2.75) is 51.6 Å². The largest absolute Gasteiger partial charge is 0.354 e. The van der Waals surface area contributed by atoms with E-state index in [1.807, 2.05) is 6.92 Å². The summed E-state index contributed by atoms with van der Waals surface area (Å²) in [5.74, 6) is 0.907. The Morgan fingerprint density at radius 3 is 2.78 bits per heavy atom. The summed E-state index contributed by atoms with van der Waals surface area (Å²) in [6, 6.07) is 0.504. The second-order valence-corrected chi connectivity index (χ2v) is 6.04. The normalized spacial score (nSPS) is 28.1. The van der Waals surface area contributed by atoms with Gasteiger partial charge in [0.05, 0.1) is 6.04 Å². The van der Waals surface area contributed by atoms with Crippen LogP contribution < -0.4 is 11.1 Å². The molecular formula is C14H27N3O. The Hall–Kier alpha value is -0.610. The maximum atomic E-state index is 11.9. The molecule has 2 fully saturated rings.